The van der Waals surface area contributed by atoms with Crippen LogP contribution in [0.15, 0.2) is 0 Å². The Hall–Kier alpha value is -0.680. The Morgan fingerprint density at radius 3 is 0.667 bits per heavy atom. The average molecular weight is 452 g/mol. The highest BCUT2D eigenvalue weighted by Crippen LogP contribution is 2.06. The highest BCUT2D eigenvalue weighted by Gasteiger charge is 2.24. The van der Waals surface area contributed by atoms with Gasteiger partial charge in [-0.2, -0.15) is 33.7 Å². The Balaban J connectivity index is 0. The molecule has 2 aliphatic heterocycles. The third kappa shape index (κ3) is 29.3. The van der Waals surface area contributed by atoms with E-state index in [4.69, 9.17) is 35.0 Å². The lowest BCUT2D eigenvalue weighted by Gasteiger charge is -1.72. The maximum absolute atomic E-state index is 9.74. The van der Waals surface area contributed by atoms with Crippen LogP contribution in [0.5, 0.6) is 0 Å². The molecule has 0 aliphatic carbocycles. The van der Waals surface area contributed by atoms with Gasteiger partial charge in [-0.05, 0) is 37.5 Å². The summed E-state index contributed by atoms with van der Waals surface area (Å²) in [6, 6.07) is 0. The number of rotatable bonds is 0. The SMILES string of the molecule is O=S(=O)(O)O.O=S(=O)(O)O.O=S1(=O)OOOO1.O=S1(=O)OOOO1. The molecule has 0 unspecified atom stereocenters. The second kappa shape index (κ2) is 10.3. The summed E-state index contributed by atoms with van der Waals surface area (Å²) in [5.41, 5.74) is 0. The molecule has 2 aliphatic rings. The standard InChI is InChI=1S/2O6S.2H2O4S/c2*1-7(2)5-3-4-6-7;2*1-5(2,3)4/h;;2*(H2,1,2,3,4). The van der Waals surface area contributed by atoms with E-state index in [1.165, 1.54) is 0 Å². The van der Waals surface area contributed by atoms with E-state index in [0.29, 0.717) is 0 Å². The first-order chi connectivity index (χ1) is 10.4. The largest absolute Gasteiger partial charge is 0.457 e. The van der Waals surface area contributed by atoms with Gasteiger partial charge in [0, 0.05) is 0 Å². The monoisotopic (exact) mass is 452 g/mol. The van der Waals surface area contributed by atoms with Crippen LogP contribution in [0.3, 0.4) is 0 Å². The van der Waals surface area contributed by atoms with Crippen molar-refractivity contribution in [3.63, 3.8) is 0 Å². The van der Waals surface area contributed by atoms with E-state index in [0.717, 1.165) is 0 Å². The molecular weight excluding hydrogens is 448 g/mol. The molecule has 0 spiro atoms. The Morgan fingerprint density at radius 1 is 0.500 bits per heavy atom. The lowest BCUT2D eigenvalue weighted by Crippen LogP contribution is -1.94. The molecule has 24 heavy (non-hydrogen) atoms. The first-order valence-corrected chi connectivity index (χ1v) is 9.19. The minimum Gasteiger partial charge on any atom is -0.264 e. The van der Waals surface area contributed by atoms with Gasteiger partial charge in [0.2, 0.25) is 0 Å². The average Bonchev–Trinajstić information content (AvgIpc) is 2.82. The van der Waals surface area contributed by atoms with E-state index < -0.39 is 41.6 Å². The zero-order chi connectivity index (χ0) is 19.7. The first kappa shape index (κ1) is 25.6. The fraction of sp³-hybridized carbons (Fsp3) is 0. The Kier molecular flexibility index (Phi) is 11.0. The summed E-state index contributed by atoms with van der Waals surface area (Å²) in [5.74, 6) is 0. The van der Waals surface area contributed by atoms with Crippen molar-refractivity contribution in [1.82, 2.24) is 0 Å². The van der Waals surface area contributed by atoms with Crippen molar-refractivity contribution in [3.8, 4) is 0 Å². The fourth-order valence-electron chi connectivity index (χ4n) is 0.204. The van der Waals surface area contributed by atoms with Crippen molar-refractivity contribution < 1.29 is 89.4 Å². The van der Waals surface area contributed by atoms with Gasteiger partial charge in [0.1, 0.15) is 0 Å². The maximum atomic E-state index is 9.74. The van der Waals surface area contributed by atoms with Gasteiger partial charge in [0.15, 0.2) is 0 Å². The van der Waals surface area contributed by atoms with Crippen LogP contribution in [0, 0.1) is 0 Å². The van der Waals surface area contributed by atoms with Gasteiger partial charge < -0.3 is 0 Å². The molecule has 24 heteroatoms. The highest BCUT2D eigenvalue weighted by atomic mass is 32.3. The van der Waals surface area contributed by atoms with E-state index in [-0.39, 0.29) is 0 Å². The third-order valence-corrected chi connectivity index (χ3v) is 1.39. The topological polar surface area (TPSA) is 291 Å². The fourth-order valence-corrected chi connectivity index (χ4v) is 0.612. The van der Waals surface area contributed by atoms with Crippen LogP contribution in [0.4, 0.5) is 0 Å². The molecule has 0 bridgehead atoms. The molecule has 2 heterocycles. The molecule has 148 valence electrons. The summed E-state index contributed by atoms with van der Waals surface area (Å²) in [5, 5.41) is 13.4. The molecule has 4 N–H and O–H groups in total. The molecule has 2 fully saturated rings. The minimum absolute atomic E-state index is 3.35. The van der Waals surface area contributed by atoms with Gasteiger partial charge in [-0.15, -0.1) is 0 Å². The van der Waals surface area contributed by atoms with Crippen LogP contribution in [-0.2, 0) is 79.1 Å². The van der Waals surface area contributed by atoms with E-state index in [2.05, 4.69) is 37.5 Å². The summed E-state index contributed by atoms with van der Waals surface area (Å²) in [6.07, 6.45) is 0. The predicted molar refractivity (Wildman–Crippen MR) is 54.9 cm³/mol. The van der Waals surface area contributed by atoms with Crippen LogP contribution in [0.2, 0.25) is 0 Å². The van der Waals surface area contributed by atoms with Crippen molar-refractivity contribution in [2.75, 3.05) is 0 Å². The zero-order valence-corrected chi connectivity index (χ0v) is 13.2. The molecule has 0 aromatic heterocycles. The molecule has 2 rings (SSSR count). The summed E-state index contributed by atoms with van der Waals surface area (Å²) in [4.78, 5) is 0. The molecule has 0 amide bonds. The van der Waals surface area contributed by atoms with Gasteiger partial charge in [-0.1, -0.05) is 0 Å². The Bertz CT molecular complexity index is 631. The van der Waals surface area contributed by atoms with Gasteiger partial charge in [0.25, 0.3) is 0 Å². The van der Waals surface area contributed by atoms with Crippen molar-refractivity contribution in [2.45, 2.75) is 0 Å². The Morgan fingerprint density at radius 2 is 0.625 bits per heavy atom. The normalized spacial score (nSPS) is 21.2. The summed E-state index contributed by atoms with van der Waals surface area (Å²) in [7, 11) is -17.3. The molecule has 0 radical (unpaired) electrons. The quantitative estimate of drug-likeness (QED) is 0.208. The van der Waals surface area contributed by atoms with Crippen LogP contribution in [0.1, 0.15) is 0 Å². The van der Waals surface area contributed by atoms with Crippen molar-refractivity contribution >= 4 is 41.6 Å². The lowest BCUT2D eigenvalue weighted by molar-refractivity contribution is -0.532. The second-order valence-corrected chi connectivity index (χ2v) is 6.23. The Labute approximate surface area is 131 Å². The molecule has 2 saturated heterocycles. The van der Waals surface area contributed by atoms with E-state index in [1.54, 1.807) is 0 Å². The van der Waals surface area contributed by atoms with Gasteiger partial charge >= 0.3 is 41.6 Å². The molecule has 0 aromatic rings. The summed E-state index contributed by atoms with van der Waals surface area (Å²) >= 11 is 0. The summed E-state index contributed by atoms with van der Waals surface area (Å²) in [6.45, 7) is 0. The van der Waals surface area contributed by atoms with Gasteiger partial charge in [-0.3, -0.25) is 18.2 Å². The van der Waals surface area contributed by atoms with Crippen molar-refractivity contribution in [2.24, 2.45) is 0 Å². The van der Waals surface area contributed by atoms with Crippen LogP contribution >= 0.6 is 0 Å². The van der Waals surface area contributed by atoms with Gasteiger partial charge in [0.05, 0.1) is 0 Å². The predicted octanol–water partition coefficient (Wildman–Crippen LogP) is -3.19. The number of hydrogen-bond donors (Lipinski definition) is 4. The smallest absolute Gasteiger partial charge is 0.264 e. The summed E-state index contributed by atoms with van der Waals surface area (Å²) < 4.78 is 116. The van der Waals surface area contributed by atoms with Crippen LogP contribution < -0.4 is 0 Å². The van der Waals surface area contributed by atoms with E-state index >= 15 is 0 Å². The molecule has 20 nitrogen and oxygen atoms in total. The van der Waals surface area contributed by atoms with Crippen LogP contribution in [-0.4, -0.2) is 51.9 Å². The molecule has 0 saturated carbocycles. The van der Waals surface area contributed by atoms with Crippen LogP contribution in [0.25, 0.3) is 0 Å². The van der Waals surface area contributed by atoms with E-state index in [9.17, 15) is 16.8 Å². The highest BCUT2D eigenvalue weighted by molar-refractivity contribution is 7.82. The first-order valence-electron chi connectivity index (χ1n) is 3.73. The molecular formula is H4O20S4. The number of hydrogen-bond acceptors (Lipinski definition) is 16. The third-order valence-electron chi connectivity index (χ3n) is 0.500. The van der Waals surface area contributed by atoms with Crippen molar-refractivity contribution in [3.05, 3.63) is 0 Å². The molecule has 0 aromatic carbocycles. The zero-order valence-electron chi connectivity index (χ0n) is 9.95. The van der Waals surface area contributed by atoms with Gasteiger partial charge in [-0.25, -0.2) is 0 Å². The van der Waals surface area contributed by atoms with E-state index in [1.807, 2.05) is 0 Å². The second-order valence-electron chi connectivity index (χ2n) is 2.26. The van der Waals surface area contributed by atoms with Crippen molar-refractivity contribution in [1.29, 1.82) is 0 Å². The lowest BCUT2D eigenvalue weighted by atomic mass is 14.4. The minimum atomic E-state index is -4.67. The molecule has 0 atom stereocenters. The maximum Gasteiger partial charge on any atom is 0.457 e.